The zero-order valence-electron chi connectivity index (χ0n) is 8.57. The van der Waals surface area contributed by atoms with Gasteiger partial charge in [0, 0.05) is 25.1 Å². The first kappa shape index (κ1) is 8.92. The third-order valence-electron chi connectivity index (χ3n) is 2.98. The van der Waals surface area contributed by atoms with Gasteiger partial charge in [-0.25, -0.2) is 0 Å². The molecule has 1 atom stereocenters. The minimum absolute atomic E-state index is 0.679. The van der Waals surface area contributed by atoms with Crippen molar-refractivity contribution >= 4 is 11.0 Å². The van der Waals surface area contributed by atoms with Crippen LogP contribution in [0.5, 0.6) is 0 Å². The number of rotatable bonds is 2. The molecule has 2 aromatic rings. The van der Waals surface area contributed by atoms with Gasteiger partial charge < -0.3 is 9.72 Å². The lowest BCUT2D eigenvalue weighted by atomic mass is 10.0. The van der Waals surface area contributed by atoms with Crippen molar-refractivity contribution < 1.29 is 4.74 Å². The predicted molar refractivity (Wildman–Crippen MR) is 58.7 cm³/mol. The summed E-state index contributed by atoms with van der Waals surface area (Å²) >= 11 is 0. The summed E-state index contributed by atoms with van der Waals surface area (Å²) in [7, 11) is 0. The van der Waals surface area contributed by atoms with E-state index in [1.54, 1.807) is 0 Å². The van der Waals surface area contributed by atoms with E-state index in [4.69, 9.17) is 4.74 Å². The monoisotopic (exact) mass is 202 g/mol. The molecule has 1 aliphatic rings. The van der Waals surface area contributed by atoms with Crippen LogP contribution in [-0.4, -0.2) is 23.2 Å². The molecule has 0 spiro atoms. The number of H-pyrrole nitrogens is 1. The molecule has 2 aromatic heterocycles. The molecule has 78 valence electrons. The number of hydrogen-bond acceptors (Lipinski definition) is 2. The molecule has 1 saturated heterocycles. The summed E-state index contributed by atoms with van der Waals surface area (Å²) < 4.78 is 5.37. The van der Waals surface area contributed by atoms with Gasteiger partial charge in [0.15, 0.2) is 0 Å². The van der Waals surface area contributed by atoms with E-state index in [1.165, 1.54) is 12.1 Å². The topological polar surface area (TPSA) is 37.9 Å². The summed E-state index contributed by atoms with van der Waals surface area (Å²) in [4.78, 5) is 7.72. The maximum absolute atomic E-state index is 5.37. The third-order valence-corrected chi connectivity index (χ3v) is 2.98. The zero-order chi connectivity index (χ0) is 10.1. The number of aromatic amines is 1. The lowest BCUT2D eigenvalue weighted by Gasteiger charge is -2.03. The molecule has 1 fully saturated rings. The van der Waals surface area contributed by atoms with Crippen LogP contribution in [0.4, 0.5) is 0 Å². The molecule has 3 nitrogen and oxygen atoms in total. The standard InChI is InChI=1S/C12H14N2O/c1-2-11-12(13-4-1)7-10(14-11)6-9-3-5-15-8-9/h1-2,4,7,9,14H,3,5-6,8H2. The Hall–Kier alpha value is -1.35. The largest absolute Gasteiger partial charge is 0.381 e. The second kappa shape index (κ2) is 3.66. The molecule has 3 heteroatoms. The number of nitrogens with zero attached hydrogens (tertiary/aromatic N) is 1. The highest BCUT2D eigenvalue weighted by Crippen LogP contribution is 2.20. The molecule has 1 aliphatic heterocycles. The van der Waals surface area contributed by atoms with Crippen molar-refractivity contribution in [2.24, 2.45) is 5.92 Å². The summed E-state index contributed by atoms with van der Waals surface area (Å²) in [6.07, 6.45) is 4.10. The fraction of sp³-hybridized carbons (Fsp3) is 0.417. The molecule has 0 aromatic carbocycles. The van der Waals surface area contributed by atoms with E-state index in [2.05, 4.69) is 22.1 Å². The molecule has 0 bridgehead atoms. The van der Waals surface area contributed by atoms with E-state index in [0.717, 1.165) is 30.7 Å². The first-order valence-electron chi connectivity index (χ1n) is 5.42. The van der Waals surface area contributed by atoms with E-state index < -0.39 is 0 Å². The highest BCUT2D eigenvalue weighted by atomic mass is 16.5. The lowest BCUT2D eigenvalue weighted by molar-refractivity contribution is 0.185. The Labute approximate surface area is 88.5 Å². The summed E-state index contributed by atoms with van der Waals surface area (Å²) in [5, 5.41) is 0. The fourth-order valence-electron chi connectivity index (χ4n) is 2.18. The van der Waals surface area contributed by atoms with E-state index in [9.17, 15) is 0 Å². The predicted octanol–water partition coefficient (Wildman–Crippen LogP) is 2.14. The summed E-state index contributed by atoms with van der Waals surface area (Å²) in [5.41, 5.74) is 3.47. The van der Waals surface area contributed by atoms with Crippen LogP contribution in [0.2, 0.25) is 0 Å². The Morgan fingerprint density at radius 3 is 3.33 bits per heavy atom. The summed E-state index contributed by atoms with van der Waals surface area (Å²) in [6, 6.07) is 6.17. The van der Waals surface area contributed by atoms with Crippen LogP contribution >= 0.6 is 0 Å². The Balaban J connectivity index is 1.84. The van der Waals surface area contributed by atoms with Crippen molar-refractivity contribution in [3.63, 3.8) is 0 Å². The maximum atomic E-state index is 5.37. The van der Waals surface area contributed by atoms with Gasteiger partial charge in [-0.15, -0.1) is 0 Å². The zero-order valence-corrected chi connectivity index (χ0v) is 8.57. The third kappa shape index (κ3) is 1.75. The quantitative estimate of drug-likeness (QED) is 0.810. The Morgan fingerprint density at radius 2 is 2.53 bits per heavy atom. The number of ether oxygens (including phenoxy) is 1. The second-order valence-corrected chi connectivity index (χ2v) is 4.16. The molecule has 0 radical (unpaired) electrons. The van der Waals surface area contributed by atoms with Crippen molar-refractivity contribution in [1.29, 1.82) is 0 Å². The number of nitrogens with one attached hydrogen (secondary N) is 1. The van der Waals surface area contributed by atoms with Crippen LogP contribution in [0.15, 0.2) is 24.4 Å². The Kier molecular flexibility index (Phi) is 2.18. The van der Waals surface area contributed by atoms with Crippen molar-refractivity contribution in [2.45, 2.75) is 12.8 Å². The van der Waals surface area contributed by atoms with E-state index in [0.29, 0.717) is 5.92 Å². The normalized spacial score (nSPS) is 21.2. The molecule has 15 heavy (non-hydrogen) atoms. The summed E-state index contributed by atoms with van der Waals surface area (Å²) in [5.74, 6) is 0.679. The van der Waals surface area contributed by atoms with Crippen LogP contribution in [0.3, 0.4) is 0 Å². The van der Waals surface area contributed by atoms with Crippen LogP contribution < -0.4 is 0 Å². The first-order chi connectivity index (χ1) is 7.42. The molecule has 3 rings (SSSR count). The molecule has 1 unspecified atom stereocenters. The minimum atomic E-state index is 0.679. The van der Waals surface area contributed by atoms with Gasteiger partial charge in [-0.3, -0.25) is 4.98 Å². The number of pyridine rings is 1. The lowest BCUT2D eigenvalue weighted by Crippen LogP contribution is -2.03. The van der Waals surface area contributed by atoms with Crippen molar-refractivity contribution in [1.82, 2.24) is 9.97 Å². The van der Waals surface area contributed by atoms with Gasteiger partial charge in [0.2, 0.25) is 0 Å². The summed E-state index contributed by atoms with van der Waals surface area (Å²) in [6.45, 7) is 1.83. The van der Waals surface area contributed by atoms with E-state index in [-0.39, 0.29) is 0 Å². The van der Waals surface area contributed by atoms with Crippen LogP contribution in [0, 0.1) is 5.92 Å². The van der Waals surface area contributed by atoms with Gasteiger partial charge in [0.1, 0.15) is 0 Å². The Morgan fingerprint density at radius 1 is 1.53 bits per heavy atom. The van der Waals surface area contributed by atoms with Crippen LogP contribution in [0.1, 0.15) is 12.1 Å². The van der Waals surface area contributed by atoms with Crippen LogP contribution in [-0.2, 0) is 11.2 Å². The molecule has 1 N–H and O–H groups in total. The van der Waals surface area contributed by atoms with Gasteiger partial charge in [-0.2, -0.15) is 0 Å². The first-order valence-corrected chi connectivity index (χ1v) is 5.42. The van der Waals surface area contributed by atoms with Crippen molar-refractivity contribution in [3.8, 4) is 0 Å². The highest BCUT2D eigenvalue weighted by molar-refractivity contribution is 5.75. The molecular formula is C12H14N2O. The van der Waals surface area contributed by atoms with Gasteiger partial charge >= 0.3 is 0 Å². The van der Waals surface area contributed by atoms with Gasteiger partial charge in [0.05, 0.1) is 11.0 Å². The van der Waals surface area contributed by atoms with Gasteiger partial charge in [-0.05, 0) is 37.0 Å². The second-order valence-electron chi connectivity index (χ2n) is 4.16. The molecule has 0 saturated carbocycles. The Bertz CT molecular complexity index is 424. The molecule has 0 aliphatic carbocycles. The van der Waals surface area contributed by atoms with E-state index >= 15 is 0 Å². The van der Waals surface area contributed by atoms with Gasteiger partial charge in [0.25, 0.3) is 0 Å². The molecule has 0 amide bonds. The highest BCUT2D eigenvalue weighted by Gasteiger charge is 2.16. The van der Waals surface area contributed by atoms with Crippen molar-refractivity contribution in [3.05, 3.63) is 30.1 Å². The maximum Gasteiger partial charge on any atom is 0.0881 e. The fourth-order valence-corrected chi connectivity index (χ4v) is 2.18. The van der Waals surface area contributed by atoms with Crippen molar-refractivity contribution in [2.75, 3.05) is 13.2 Å². The van der Waals surface area contributed by atoms with E-state index in [1.807, 2.05) is 12.3 Å². The molecular weight excluding hydrogens is 188 g/mol. The minimum Gasteiger partial charge on any atom is -0.381 e. The number of hydrogen-bond donors (Lipinski definition) is 1. The SMILES string of the molecule is c1cnc2cc(CC3CCOC3)[nH]c2c1. The molecule has 3 heterocycles. The number of aromatic nitrogens is 2. The average Bonchev–Trinajstić information content (AvgIpc) is 2.86. The average molecular weight is 202 g/mol. The number of fused-ring (bicyclic) bond motifs is 1. The van der Waals surface area contributed by atoms with Crippen LogP contribution in [0.25, 0.3) is 11.0 Å². The van der Waals surface area contributed by atoms with Gasteiger partial charge in [-0.1, -0.05) is 0 Å². The smallest absolute Gasteiger partial charge is 0.0881 e.